The van der Waals surface area contributed by atoms with E-state index in [2.05, 4.69) is 9.97 Å². The SMILES string of the molecule is CC(NC(=O)CCc1cnccn1)C(F)(F)F. The van der Waals surface area contributed by atoms with Crippen LogP contribution in [-0.2, 0) is 11.2 Å². The topological polar surface area (TPSA) is 54.9 Å². The molecule has 0 radical (unpaired) electrons. The molecule has 1 aromatic heterocycles. The highest BCUT2D eigenvalue weighted by Crippen LogP contribution is 2.19. The largest absolute Gasteiger partial charge is 0.408 e. The molecule has 1 N–H and O–H groups in total. The van der Waals surface area contributed by atoms with Crippen LogP contribution in [0.2, 0.25) is 0 Å². The number of nitrogens with one attached hydrogen (secondary N) is 1. The van der Waals surface area contributed by atoms with E-state index in [0.717, 1.165) is 6.92 Å². The molecule has 17 heavy (non-hydrogen) atoms. The Morgan fingerprint density at radius 1 is 1.47 bits per heavy atom. The highest BCUT2D eigenvalue weighted by molar-refractivity contribution is 5.76. The lowest BCUT2D eigenvalue weighted by Crippen LogP contribution is -2.43. The molecule has 0 spiro atoms. The molecule has 0 aromatic carbocycles. The third-order valence-corrected chi connectivity index (χ3v) is 2.09. The zero-order valence-electron chi connectivity index (χ0n) is 9.16. The maximum Gasteiger partial charge on any atom is 0.408 e. The Labute approximate surface area is 96.3 Å². The minimum atomic E-state index is -4.41. The van der Waals surface area contributed by atoms with Crippen molar-refractivity contribution in [3.8, 4) is 0 Å². The number of hydrogen-bond donors (Lipinski definition) is 1. The van der Waals surface area contributed by atoms with Gasteiger partial charge in [-0.2, -0.15) is 13.2 Å². The molecule has 1 amide bonds. The van der Waals surface area contributed by atoms with Crippen molar-refractivity contribution in [1.82, 2.24) is 15.3 Å². The average molecular weight is 247 g/mol. The third-order valence-electron chi connectivity index (χ3n) is 2.09. The summed E-state index contributed by atoms with van der Waals surface area (Å²) in [5.41, 5.74) is 0.572. The van der Waals surface area contributed by atoms with Crippen LogP contribution in [0.3, 0.4) is 0 Å². The van der Waals surface area contributed by atoms with Crippen molar-refractivity contribution in [2.75, 3.05) is 0 Å². The minimum Gasteiger partial charge on any atom is -0.345 e. The maximum atomic E-state index is 12.1. The van der Waals surface area contributed by atoms with E-state index in [9.17, 15) is 18.0 Å². The van der Waals surface area contributed by atoms with Gasteiger partial charge in [-0.15, -0.1) is 0 Å². The van der Waals surface area contributed by atoms with Crippen LogP contribution in [0.25, 0.3) is 0 Å². The molecule has 0 aliphatic rings. The molecule has 0 aliphatic heterocycles. The van der Waals surface area contributed by atoms with Crippen molar-refractivity contribution in [3.05, 3.63) is 24.3 Å². The normalized spacial score (nSPS) is 13.2. The molecule has 0 saturated heterocycles. The van der Waals surface area contributed by atoms with Gasteiger partial charge in [-0.05, 0) is 13.3 Å². The Morgan fingerprint density at radius 2 is 2.18 bits per heavy atom. The molecule has 1 heterocycles. The van der Waals surface area contributed by atoms with Gasteiger partial charge in [-0.1, -0.05) is 0 Å². The molecule has 94 valence electrons. The van der Waals surface area contributed by atoms with E-state index in [1.165, 1.54) is 18.6 Å². The van der Waals surface area contributed by atoms with E-state index in [1.807, 2.05) is 5.32 Å². The fourth-order valence-electron chi connectivity index (χ4n) is 1.10. The lowest BCUT2D eigenvalue weighted by atomic mass is 10.2. The van der Waals surface area contributed by atoms with Crippen LogP contribution in [0.5, 0.6) is 0 Å². The van der Waals surface area contributed by atoms with Crippen LogP contribution in [-0.4, -0.2) is 28.1 Å². The Kier molecular flexibility index (Phi) is 4.42. The zero-order valence-corrected chi connectivity index (χ0v) is 9.16. The summed E-state index contributed by atoms with van der Waals surface area (Å²) in [6, 6.07) is -1.84. The van der Waals surface area contributed by atoms with E-state index < -0.39 is 18.1 Å². The van der Waals surface area contributed by atoms with E-state index in [0.29, 0.717) is 5.69 Å². The van der Waals surface area contributed by atoms with Crippen molar-refractivity contribution in [2.45, 2.75) is 32.0 Å². The van der Waals surface area contributed by atoms with E-state index in [-0.39, 0.29) is 12.8 Å². The smallest absolute Gasteiger partial charge is 0.345 e. The van der Waals surface area contributed by atoms with Crippen LogP contribution in [0.4, 0.5) is 13.2 Å². The molecule has 0 fully saturated rings. The lowest BCUT2D eigenvalue weighted by Gasteiger charge is -2.16. The second-order valence-electron chi connectivity index (χ2n) is 3.53. The number of amides is 1. The maximum absolute atomic E-state index is 12.1. The first kappa shape index (κ1) is 13.4. The first-order valence-electron chi connectivity index (χ1n) is 5.00. The predicted molar refractivity (Wildman–Crippen MR) is 54.0 cm³/mol. The number of alkyl halides is 3. The first-order chi connectivity index (χ1) is 7.89. The summed E-state index contributed by atoms with van der Waals surface area (Å²) in [4.78, 5) is 18.9. The number of carbonyl (C=O) groups is 1. The summed E-state index contributed by atoms with van der Waals surface area (Å²) >= 11 is 0. The summed E-state index contributed by atoms with van der Waals surface area (Å²) in [7, 11) is 0. The quantitative estimate of drug-likeness (QED) is 0.876. The Bertz CT molecular complexity index is 367. The third kappa shape index (κ3) is 4.80. The highest BCUT2D eigenvalue weighted by Gasteiger charge is 2.36. The second kappa shape index (κ2) is 5.60. The van der Waals surface area contributed by atoms with E-state index in [1.54, 1.807) is 0 Å². The van der Waals surface area contributed by atoms with Crippen LogP contribution in [0.1, 0.15) is 19.0 Å². The fourth-order valence-corrected chi connectivity index (χ4v) is 1.10. The van der Waals surface area contributed by atoms with Crippen LogP contribution in [0.15, 0.2) is 18.6 Å². The van der Waals surface area contributed by atoms with Gasteiger partial charge in [0.1, 0.15) is 6.04 Å². The summed E-state index contributed by atoms with van der Waals surface area (Å²) < 4.78 is 36.4. The van der Waals surface area contributed by atoms with Crippen LogP contribution < -0.4 is 5.32 Å². The molecule has 1 aromatic rings. The number of aromatic nitrogens is 2. The van der Waals surface area contributed by atoms with Crippen LogP contribution in [0, 0.1) is 0 Å². The number of rotatable bonds is 4. The summed E-state index contributed by atoms with van der Waals surface area (Å²) in [5.74, 6) is -0.652. The zero-order chi connectivity index (χ0) is 12.9. The van der Waals surface area contributed by atoms with Crippen molar-refractivity contribution >= 4 is 5.91 Å². The van der Waals surface area contributed by atoms with E-state index in [4.69, 9.17) is 0 Å². The first-order valence-corrected chi connectivity index (χ1v) is 5.00. The van der Waals surface area contributed by atoms with Gasteiger partial charge in [0.05, 0.1) is 5.69 Å². The Morgan fingerprint density at radius 3 is 2.71 bits per heavy atom. The summed E-state index contributed by atoms with van der Waals surface area (Å²) in [6.45, 7) is 0.903. The Balaban J connectivity index is 2.36. The van der Waals surface area contributed by atoms with Crippen molar-refractivity contribution in [3.63, 3.8) is 0 Å². The van der Waals surface area contributed by atoms with Gasteiger partial charge in [-0.3, -0.25) is 14.8 Å². The van der Waals surface area contributed by atoms with Crippen molar-refractivity contribution in [1.29, 1.82) is 0 Å². The summed E-state index contributed by atoms with van der Waals surface area (Å²) in [5, 5.41) is 1.88. The van der Waals surface area contributed by atoms with Gasteiger partial charge in [-0.25, -0.2) is 0 Å². The molecule has 1 unspecified atom stereocenters. The molecular weight excluding hydrogens is 235 g/mol. The number of nitrogens with zero attached hydrogens (tertiary/aromatic N) is 2. The molecule has 0 saturated carbocycles. The minimum absolute atomic E-state index is 0.0425. The van der Waals surface area contributed by atoms with Gasteiger partial charge in [0.2, 0.25) is 5.91 Å². The molecule has 4 nitrogen and oxygen atoms in total. The van der Waals surface area contributed by atoms with Gasteiger partial charge in [0.25, 0.3) is 0 Å². The Hall–Kier alpha value is -1.66. The number of halogens is 3. The number of hydrogen-bond acceptors (Lipinski definition) is 3. The highest BCUT2D eigenvalue weighted by atomic mass is 19.4. The van der Waals surface area contributed by atoms with Crippen molar-refractivity contribution < 1.29 is 18.0 Å². The molecule has 1 rings (SSSR count). The molecule has 7 heteroatoms. The fraction of sp³-hybridized carbons (Fsp3) is 0.500. The monoisotopic (exact) mass is 247 g/mol. The molecule has 1 atom stereocenters. The summed E-state index contributed by atoms with van der Waals surface area (Å²) in [6.07, 6.45) is 0.229. The van der Waals surface area contributed by atoms with Gasteiger partial charge >= 0.3 is 6.18 Å². The van der Waals surface area contributed by atoms with Crippen molar-refractivity contribution in [2.24, 2.45) is 0 Å². The predicted octanol–water partition coefficient (Wildman–Crippen LogP) is 1.48. The second-order valence-corrected chi connectivity index (χ2v) is 3.53. The van der Waals surface area contributed by atoms with Gasteiger partial charge in [0, 0.05) is 25.0 Å². The molecule has 0 aliphatic carbocycles. The van der Waals surface area contributed by atoms with E-state index >= 15 is 0 Å². The van der Waals surface area contributed by atoms with Gasteiger partial charge < -0.3 is 5.32 Å². The standard InChI is InChI=1S/C10H12F3N3O/c1-7(10(11,12)13)16-9(17)3-2-8-6-14-4-5-15-8/h4-7H,2-3H2,1H3,(H,16,17). The number of carbonyl (C=O) groups excluding carboxylic acids is 1. The number of aryl methyl sites for hydroxylation is 1. The molecule has 0 bridgehead atoms. The lowest BCUT2D eigenvalue weighted by molar-refractivity contribution is -0.158. The average Bonchev–Trinajstić information content (AvgIpc) is 2.26. The molecular formula is C10H12F3N3O. The van der Waals surface area contributed by atoms with Crippen LogP contribution >= 0.6 is 0 Å². The van der Waals surface area contributed by atoms with Gasteiger partial charge in [0.15, 0.2) is 0 Å².